The third kappa shape index (κ3) is 5.63. The van der Waals surface area contributed by atoms with Crippen LogP contribution in [-0.2, 0) is 11.4 Å². The number of hydrogen-bond donors (Lipinski definition) is 1. The molecule has 3 rings (SSSR count). The lowest BCUT2D eigenvalue weighted by atomic mass is 10.2. The average molecular weight is 412 g/mol. The summed E-state index contributed by atoms with van der Waals surface area (Å²) in [6, 6.07) is 24.6. The van der Waals surface area contributed by atoms with Gasteiger partial charge in [-0.15, -0.1) is 0 Å². The van der Waals surface area contributed by atoms with E-state index in [4.69, 9.17) is 9.47 Å². The molecule has 4 nitrogen and oxygen atoms in total. The maximum atomic E-state index is 12.1. The third-order valence-corrected chi connectivity index (χ3v) is 4.08. The Hall–Kier alpha value is -2.79. The van der Waals surface area contributed by atoms with Gasteiger partial charge in [0, 0.05) is 16.2 Å². The van der Waals surface area contributed by atoms with Crippen LogP contribution in [0.15, 0.2) is 83.3 Å². The van der Waals surface area contributed by atoms with E-state index in [9.17, 15) is 4.79 Å². The maximum Gasteiger partial charge on any atom is 0.262 e. The molecule has 3 aromatic rings. The SMILES string of the molecule is O=C(COc1ccc(Br)cc1)Nc1cccc(OCc2ccccc2)c1. The van der Waals surface area contributed by atoms with Crippen LogP contribution in [0.25, 0.3) is 0 Å². The number of nitrogens with one attached hydrogen (secondary N) is 1. The van der Waals surface area contributed by atoms with Crippen LogP contribution >= 0.6 is 15.9 Å². The van der Waals surface area contributed by atoms with Crippen molar-refractivity contribution in [1.29, 1.82) is 0 Å². The lowest BCUT2D eigenvalue weighted by Crippen LogP contribution is -2.20. The summed E-state index contributed by atoms with van der Waals surface area (Å²) >= 11 is 3.36. The molecule has 5 heteroatoms. The van der Waals surface area contributed by atoms with Gasteiger partial charge in [0.25, 0.3) is 5.91 Å². The van der Waals surface area contributed by atoms with E-state index in [1.165, 1.54) is 0 Å². The van der Waals surface area contributed by atoms with E-state index >= 15 is 0 Å². The molecule has 0 aliphatic rings. The first kappa shape index (κ1) is 18.0. The van der Waals surface area contributed by atoms with Crippen molar-refractivity contribution in [3.63, 3.8) is 0 Å². The quantitative estimate of drug-likeness (QED) is 0.591. The zero-order chi connectivity index (χ0) is 18.2. The molecule has 0 fully saturated rings. The van der Waals surface area contributed by atoms with Gasteiger partial charge in [-0.3, -0.25) is 4.79 Å². The number of carbonyl (C=O) groups excluding carboxylic acids is 1. The molecule has 0 aliphatic heterocycles. The van der Waals surface area contributed by atoms with Crippen LogP contribution in [-0.4, -0.2) is 12.5 Å². The predicted octanol–water partition coefficient (Wildman–Crippen LogP) is 5.05. The zero-order valence-corrected chi connectivity index (χ0v) is 15.6. The van der Waals surface area contributed by atoms with Crippen LogP contribution in [0.4, 0.5) is 5.69 Å². The van der Waals surface area contributed by atoms with E-state index in [0.717, 1.165) is 10.0 Å². The fourth-order valence-corrected chi connectivity index (χ4v) is 2.55. The van der Waals surface area contributed by atoms with Crippen molar-refractivity contribution in [2.24, 2.45) is 0 Å². The summed E-state index contributed by atoms with van der Waals surface area (Å²) in [6.07, 6.45) is 0. The highest BCUT2D eigenvalue weighted by Gasteiger charge is 2.05. The minimum Gasteiger partial charge on any atom is -0.489 e. The molecule has 0 aliphatic carbocycles. The first-order valence-corrected chi connectivity index (χ1v) is 8.93. The highest BCUT2D eigenvalue weighted by molar-refractivity contribution is 9.10. The molecule has 0 aromatic heterocycles. The van der Waals surface area contributed by atoms with Gasteiger partial charge in [0.05, 0.1) is 0 Å². The highest BCUT2D eigenvalue weighted by atomic mass is 79.9. The molecule has 0 bridgehead atoms. The molecule has 0 radical (unpaired) electrons. The van der Waals surface area contributed by atoms with E-state index in [-0.39, 0.29) is 12.5 Å². The fourth-order valence-electron chi connectivity index (χ4n) is 2.28. The molecule has 0 atom stereocenters. The standard InChI is InChI=1S/C21H18BrNO3/c22-17-9-11-19(12-10-17)26-15-21(24)23-18-7-4-8-20(13-18)25-14-16-5-2-1-3-6-16/h1-13H,14-15H2,(H,23,24). The highest BCUT2D eigenvalue weighted by Crippen LogP contribution is 2.19. The summed E-state index contributed by atoms with van der Waals surface area (Å²) in [5.41, 5.74) is 1.75. The van der Waals surface area contributed by atoms with Crippen molar-refractivity contribution in [3.05, 3.63) is 88.9 Å². The fraction of sp³-hybridized carbons (Fsp3) is 0.0952. The molecule has 3 aromatic carbocycles. The Morgan fingerprint density at radius 2 is 1.62 bits per heavy atom. The average Bonchev–Trinajstić information content (AvgIpc) is 2.67. The zero-order valence-electron chi connectivity index (χ0n) is 14.0. The second-order valence-electron chi connectivity index (χ2n) is 5.59. The van der Waals surface area contributed by atoms with Crippen LogP contribution in [0.3, 0.4) is 0 Å². The summed E-state index contributed by atoms with van der Waals surface area (Å²) in [5, 5.41) is 2.81. The van der Waals surface area contributed by atoms with Gasteiger partial charge in [-0.2, -0.15) is 0 Å². The van der Waals surface area contributed by atoms with Crippen LogP contribution in [0.2, 0.25) is 0 Å². The van der Waals surface area contributed by atoms with E-state index in [0.29, 0.717) is 23.8 Å². The molecular formula is C21H18BrNO3. The smallest absolute Gasteiger partial charge is 0.262 e. The Morgan fingerprint density at radius 3 is 2.38 bits per heavy atom. The number of amides is 1. The Balaban J connectivity index is 1.51. The maximum absolute atomic E-state index is 12.1. The number of rotatable bonds is 7. The van der Waals surface area contributed by atoms with Gasteiger partial charge >= 0.3 is 0 Å². The van der Waals surface area contributed by atoms with E-state index in [2.05, 4.69) is 21.2 Å². The lowest BCUT2D eigenvalue weighted by Gasteiger charge is -2.10. The van der Waals surface area contributed by atoms with Crippen LogP contribution in [0, 0.1) is 0 Å². The predicted molar refractivity (Wildman–Crippen MR) is 105 cm³/mol. The van der Waals surface area contributed by atoms with Crippen molar-refractivity contribution in [1.82, 2.24) is 0 Å². The van der Waals surface area contributed by atoms with Crippen molar-refractivity contribution < 1.29 is 14.3 Å². The molecule has 26 heavy (non-hydrogen) atoms. The summed E-state index contributed by atoms with van der Waals surface area (Å²) < 4.78 is 12.2. The van der Waals surface area contributed by atoms with Crippen molar-refractivity contribution in [3.8, 4) is 11.5 Å². The molecule has 0 unspecified atom stereocenters. The largest absolute Gasteiger partial charge is 0.489 e. The summed E-state index contributed by atoms with van der Waals surface area (Å²) in [7, 11) is 0. The second kappa shape index (κ2) is 9.06. The van der Waals surface area contributed by atoms with Crippen molar-refractivity contribution in [2.45, 2.75) is 6.61 Å². The molecule has 1 amide bonds. The number of halogens is 1. The monoisotopic (exact) mass is 411 g/mol. The van der Waals surface area contributed by atoms with Gasteiger partial charge in [-0.05, 0) is 42.0 Å². The van der Waals surface area contributed by atoms with Crippen molar-refractivity contribution >= 4 is 27.5 Å². The van der Waals surface area contributed by atoms with Crippen LogP contribution in [0.1, 0.15) is 5.56 Å². The van der Waals surface area contributed by atoms with Crippen molar-refractivity contribution in [2.75, 3.05) is 11.9 Å². The Morgan fingerprint density at radius 1 is 0.846 bits per heavy atom. The van der Waals surface area contributed by atoms with Gasteiger partial charge in [-0.25, -0.2) is 0 Å². The Kier molecular flexibility index (Phi) is 6.28. The summed E-state index contributed by atoms with van der Waals surface area (Å²) in [5.74, 6) is 1.11. The number of carbonyl (C=O) groups is 1. The molecule has 0 spiro atoms. The third-order valence-electron chi connectivity index (χ3n) is 3.55. The number of ether oxygens (including phenoxy) is 2. The van der Waals surface area contributed by atoms with E-state index in [1.807, 2.05) is 60.7 Å². The summed E-state index contributed by atoms with van der Waals surface area (Å²) in [4.78, 5) is 12.1. The topological polar surface area (TPSA) is 47.6 Å². The Labute approximate surface area is 160 Å². The normalized spacial score (nSPS) is 10.2. The first-order chi connectivity index (χ1) is 12.7. The number of hydrogen-bond acceptors (Lipinski definition) is 3. The lowest BCUT2D eigenvalue weighted by molar-refractivity contribution is -0.118. The van der Waals surface area contributed by atoms with E-state index < -0.39 is 0 Å². The minimum absolute atomic E-state index is 0.0588. The van der Waals surface area contributed by atoms with Gasteiger partial charge in [0.15, 0.2) is 6.61 Å². The summed E-state index contributed by atoms with van der Waals surface area (Å²) in [6.45, 7) is 0.418. The molecule has 0 heterocycles. The van der Waals surface area contributed by atoms with Gasteiger partial charge in [0.2, 0.25) is 0 Å². The second-order valence-corrected chi connectivity index (χ2v) is 6.51. The number of anilines is 1. The molecular weight excluding hydrogens is 394 g/mol. The minimum atomic E-state index is -0.229. The first-order valence-electron chi connectivity index (χ1n) is 8.14. The Bertz CT molecular complexity index is 851. The number of benzene rings is 3. The molecule has 132 valence electrons. The van der Waals surface area contributed by atoms with Crippen LogP contribution in [0.5, 0.6) is 11.5 Å². The van der Waals surface area contributed by atoms with Gasteiger partial charge < -0.3 is 14.8 Å². The molecule has 0 saturated carbocycles. The van der Waals surface area contributed by atoms with Gasteiger partial charge in [0.1, 0.15) is 18.1 Å². The molecule has 1 N–H and O–H groups in total. The molecule has 0 saturated heterocycles. The van der Waals surface area contributed by atoms with Gasteiger partial charge in [-0.1, -0.05) is 52.3 Å². The van der Waals surface area contributed by atoms with E-state index in [1.54, 1.807) is 18.2 Å². The van der Waals surface area contributed by atoms with Crippen LogP contribution < -0.4 is 14.8 Å².